The zero-order valence-electron chi connectivity index (χ0n) is 15.4. The maximum atomic E-state index is 12.5. The molecule has 0 spiro atoms. The third-order valence-electron chi connectivity index (χ3n) is 3.85. The van der Waals surface area contributed by atoms with Crippen LogP contribution in [0.5, 0.6) is 11.5 Å². The quantitative estimate of drug-likeness (QED) is 0.565. The van der Waals surface area contributed by atoms with Gasteiger partial charge in [-0.2, -0.15) is 13.9 Å². The van der Waals surface area contributed by atoms with Gasteiger partial charge in [0.1, 0.15) is 0 Å². The van der Waals surface area contributed by atoms with Gasteiger partial charge in [-0.05, 0) is 42.8 Å². The number of nitrogens with zero attached hydrogens (tertiary/aromatic N) is 2. The molecule has 0 atom stereocenters. The van der Waals surface area contributed by atoms with E-state index in [1.165, 1.54) is 24.4 Å². The molecule has 1 amide bonds. The lowest BCUT2D eigenvalue weighted by molar-refractivity contribution is -0.0514. The van der Waals surface area contributed by atoms with E-state index >= 15 is 0 Å². The van der Waals surface area contributed by atoms with E-state index in [0.717, 1.165) is 5.56 Å². The van der Waals surface area contributed by atoms with Crippen LogP contribution in [0.4, 0.5) is 14.5 Å². The minimum absolute atomic E-state index is 0.0668. The Morgan fingerprint density at radius 2 is 2.07 bits per heavy atom. The Bertz CT molecular complexity index is 995. The van der Waals surface area contributed by atoms with Gasteiger partial charge in [-0.1, -0.05) is 23.7 Å². The highest BCUT2D eigenvalue weighted by Gasteiger charge is 2.15. The molecular weight excluding hydrogens is 404 g/mol. The summed E-state index contributed by atoms with van der Waals surface area (Å²) >= 11 is 5.98. The minimum atomic E-state index is -2.99. The van der Waals surface area contributed by atoms with Crippen LogP contribution < -0.4 is 14.8 Å². The molecule has 1 heterocycles. The monoisotopic (exact) mass is 421 g/mol. The number of carbonyl (C=O) groups excluding carboxylic acids is 1. The van der Waals surface area contributed by atoms with Crippen molar-refractivity contribution in [1.82, 2.24) is 9.78 Å². The second-order valence-corrected chi connectivity index (χ2v) is 6.42. The number of carbonyl (C=O) groups is 1. The third kappa shape index (κ3) is 5.68. The number of rotatable bonds is 8. The Morgan fingerprint density at radius 3 is 2.79 bits per heavy atom. The fourth-order valence-electron chi connectivity index (χ4n) is 2.65. The zero-order chi connectivity index (χ0) is 20.8. The highest BCUT2D eigenvalue weighted by Crippen LogP contribution is 2.30. The molecule has 3 rings (SSSR count). The summed E-state index contributed by atoms with van der Waals surface area (Å²) in [6, 6.07) is 11.4. The lowest BCUT2D eigenvalue weighted by Gasteiger charge is -2.12. The SMILES string of the molecule is CCOc1cc(C(=O)Nc2cnn(Cc3cccc(Cl)c3)c2)ccc1OC(F)F. The van der Waals surface area contributed by atoms with Crippen molar-refractivity contribution in [1.29, 1.82) is 0 Å². The summed E-state index contributed by atoms with van der Waals surface area (Å²) in [6.45, 7) is -0.558. The molecule has 1 N–H and O–H groups in total. The number of amides is 1. The van der Waals surface area contributed by atoms with Gasteiger partial charge in [0.05, 0.1) is 25.0 Å². The second-order valence-electron chi connectivity index (χ2n) is 5.98. The number of nitrogens with one attached hydrogen (secondary N) is 1. The minimum Gasteiger partial charge on any atom is -0.490 e. The molecule has 3 aromatic rings. The van der Waals surface area contributed by atoms with Gasteiger partial charge in [-0.3, -0.25) is 9.48 Å². The van der Waals surface area contributed by atoms with Gasteiger partial charge in [0.25, 0.3) is 5.91 Å². The van der Waals surface area contributed by atoms with Crippen LogP contribution in [0.1, 0.15) is 22.8 Å². The van der Waals surface area contributed by atoms with Gasteiger partial charge in [0.2, 0.25) is 0 Å². The summed E-state index contributed by atoms with van der Waals surface area (Å²) in [7, 11) is 0. The predicted molar refractivity (Wildman–Crippen MR) is 105 cm³/mol. The van der Waals surface area contributed by atoms with Crippen molar-refractivity contribution in [2.45, 2.75) is 20.1 Å². The molecule has 0 saturated carbocycles. The lowest BCUT2D eigenvalue weighted by atomic mass is 10.2. The predicted octanol–water partition coefficient (Wildman–Crippen LogP) is 4.84. The van der Waals surface area contributed by atoms with E-state index in [1.54, 1.807) is 23.9 Å². The number of anilines is 1. The molecule has 29 heavy (non-hydrogen) atoms. The van der Waals surface area contributed by atoms with Crippen LogP contribution in [0.2, 0.25) is 5.02 Å². The highest BCUT2D eigenvalue weighted by molar-refractivity contribution is 6.30. The fourth-order valence-corrected chi connectivity index (χ4v) is 2.86. The van der Waals surface area contributed by atoms with Crippen LogP contribution in [0.15, 0.2) is 54.9 Å². The molecule has 0 aliphatic rings. The van der Waals surface area contributed by atoms with Crippen molar-refractivity contribution in [2.24, 2.45) is 0 Å². The van der Waals surface area contributed by atoms with Crippen LogP contribution >= 0.6 is 11.6 Å². The number of hydrogen-bond acceptors (Lipinski definition) is 4. The third-order valence-corrected chi connectivity index (χ3v) is 4.08. The molecule has 0 bridgehead atoms. The molecule has 0 aliphatic heterocycles. The van der Waals surface area contributed by atoms with Gasteiger partial charge < -0.3 is 14.8 Å². The molecule has 152 valence electrons. The van der Waals surface area contributed by atoms with Crippen molar-refractivity contribution in [3.63, 3.8) is 0 Å². The molecule has 6 nitrogen and oxygen atoms in total. The standard InChI is InChI=1S/C20H18ClF2N3O3/c1-2-28-18-9-14(6-7-17(18)29-20(22)23)19(27)25-16-10-24-26(12-16)11-13-4-3-5-15(21)8-13/h3-10,12,20H,2,11H2,1H3,(H,25,27). The molecule has 0 fully saturated rings. The van der Waals surface area contributed by atoms with Crippen molar-refractivity contribution >= 4 is 23.2 Å². The van der Waals surface area contributed by atoms with E-state index in [4.69, 9.17) is 16.3 Å². The first-order valence-electron chi connectivity index (χ1n) is 8.74. The first-order chi connectivity index (χ1) is 13.9. The summed E-state index contributed by atoms with van der Waals surface area (Å²) in [6.07, 6.45) is 3.19. The van der Waals surface area contributed by atoms with Gasteiger partial charge in [0, 0.05) is 16.8 Å². The number of hydrogen-bond donors (Lipinski definition) is 1. The Balaban J connectivity index is 1.70. The van der Waals surface area contributed by atoms with Crippen LogP contribution in [-0.4, -0.2) is 28.9 Å². The fraction of sp³-hybridized carbons (Fsp3) is 0.200. The molecule has 0 saturated heterocycles. The van der Waals surface area contributed by atoms with E-state index in [9.17, 15) is 13.6 Å². The molecule has 9 heteroatoms. The average molecular weight is 422 g/mol. The maximum absolute atomic E-state index is 12.5. The number of benzene rings is 2. The summed E-state index contributed by atoms with van der Waals surface area (Å²) in [4.78, 5) is 12.5. The van der Waals surface area contributed by atoms with E-state index in [-0.39, 0.29) is 23.7 Å². The molecule has 2 aromatic carbocycles. The maximum Gasteiger partial charge on any atom is 0.387 e. The first-order valence-corrected chi connectivity index (χ1v) is 9.12. The zero-order valence-corrected chi connectivity index (χ0v) is 16.2. The Hall–Kier alpha value is -3.13. The van der Waals surface area contributed by atoms with Crippen LogP contribution in [0.3, 0.4) is 0 Å². The van der Waals surface area contributed by atoms with Crippen molar-refractivity contribution in [3.05, 3.63) is 71.0 Å². The van der Waals surface area contributed by atoms with Crippen molar-refractivity contribution in [2.75, 3.05) is 11.9 Å². The van der Waals surface area contributed by atoms with E-state index < -0.39 is 12.5 Å². The van der Waals surface area contributed by atoms with Crippen molar-refractivity contribution < 1.29 is 23.0 Å². The number of aromatic nitrogens is 2. The number of alkyl halides is 2. The Kier molecular flexibility index (Phi) is 6.66. The number of halogens is 3. The summed E-state index contributed by atoms with van der Waals surface area (Å²) in [5.74, 6) is -0.498. The van der Waals surface area contributed by atoms with Gasteiger partial charge in [-0.15, -0.1) is 0 Å². The highest BCUT2D eigenvalue weighted by atomic mass is 35.5. The summed E-state index contributed by atoms with van der Waals surface area (Å²) in [5.41, 5.74) is 1.69. The summed E-state index contributed by atoms with van der Waals surface area (Å²) in [5, 5.41) is 7.56. The van der Waals surface area contributed by atoms with Crippen LogP contribution in [-0.2, 0) is 6.54 Å². The molecular formula is C20H18ClF2N3O3. The van der Waals surface area contributed by atoms with Gasteiger partial charge >= 0.3 is 6.61 Å². The average Bonchev–Trinajstić information content (AvgIpc) is 3.09. The van der Waals surface area contributed by atoms with E-state index in [2.05, 4.69) is 15.2 Å². The summed E-state index contributed by atoms with van der Waals surface area (Å²) < 4.78 is 36.3. The van der Waals surface area contributed by atoms with Crippen molar-refractivity contribution in [3.8, 4) is 11.5 Å². The smallest absolute Gasteiger partial charge is 0.387 e. The topological polar surface area (TPSA) is 65.4 Å². The molecule has 0 aliphatic carbocycles. The van der Waals surface area contributed by atoms with E-state index in [0.29, 0.717) is 17.3 Å². The Morgan fingerprint density at radius 1 is 1.24 bits per heavy atom. The van der Waals surface area contributed by atoms with Gasteiger partial charge in [0.15, 0.2) is 11.5 Å². The number of ether oxygens (including phenoxy) is 2. The van der Waals surface area contributed by atoms with E-state index in [1.807, 2.05) is 18.2 Å². The lowest BCUT2D eigenvalue weighted by Crippen LogP contribution is -2.12. The first kappa shape index (κ1) is 20.6. The molecule has 0 unspecified atom stereocenters. The molecule has 1 aromatic heterocycles. The Labute approximate surface area is 171 Å². The normalized spacial score (nSPS) is 10.8. The molecule has 0 radical (unpaired) electrons. The largest absolute Gasteiger partial charge is 0.490 e. The van der Waals surface area contributed by atoms with Gasteiger partial charge in [-0.25, -0.2) is 0 Å². The second kappa shape index (κ2) is 9.38. The van der Waals surface area contributed by atoms with Crippen LogP contribution in [0, 0.1) is 0 Å². The van der Waals surface area contributed by atoms with Crippen LogP contribution in [0.25, 0.3) is 0 Å².